The molecule has 0 aliphatic carbocycles. The van der Waals surface area contributed by atoms with Gasteiger partial charge in [-0.05, 0) is 57.4 Å². The number of rotatable bonds is 5. The maximum atomic E-state index is 12.3. The van der Waals surface area contributed by atoms with Gasteiger partial charge in [-0.1, -0.05) is 48.2 Å². The Morgan fingerprint density at radius 3 is 2.70 bits per heavy atom. The number of alkyl carbamates (subject to hydrolysis) is 1. The van der Waals surface area contributed by atoms with Crippen molar-refractivity contribution in [1.82, 2.24) is 19.7 Å². The predicted molar refractivity (Wildman–Crippen MR) is 158 cm³/mol. The molecule has 1 spiro atoms. The Hall–Kier alpha value is -3.30. The average Bonchev–Trinajstić information content (AvgIpc) is 3.53. The van der Waals surface area contributed by atoms with Crippen LogP contribution in [0.4, 0.5) is 10.7 Å². The summed E-state index contributed by atoms with van der Waals surface area (Å²) in [5, 5.41) is 5.46. The van der Waals surface area contributed by atoms with Crippen LogP contribution in [0.3, 0.4) is 0 Å². The molecular formula is C31H37N5O3S. The van der Waals surface area contributed by atoms with Crippen LogP contribution in [0, 0.1) is 11.3 Å². The van der Waals surface area contributed by atoms with E-state index in [1.807, 2.05) is 39.4 Å². The highest BCUT2D eigenvalue weighted by Crippen LogP contribution is 2.47. The van der Waals surface area contributed by atoms with Crippen molar-refractivity contribution in [2.75, 3.05) is 31.1 Å². The highest BCUT2D eigenvalue weighted by Gasteiger charge is 2.49. The van der Waals surface area contributed by atoms with Crippen molar-refractivity contribution < 1.29 is 14.3 Å². The molecule has 0 bridgehead atoms. The van der Waals surface area contributed by atoms with Gasteiger partial charge in [0.15, 0.2) is 5.65 Å². The lowest BCUT2D eigenvalue weighted by Gasteiger charge is -2.43. The average molecular weight is 560 g/mol. The third kappa shape index (κ3) is 5.24. The normalized spacial score (nSPS) is 20.9. The van der Waals surface area contributed by atoms with Crippen molar-refractivity contribution >= 4 is 40.2 Å². The molecular weight excluding hydrogens is 522 g/mol. The summed E-state index contributed by atoms with van der Waals surface area (Å²) in [6, 6.07) is 14.9. The maximum Gasteiger partial charge on any atom is 0.407 e. The van der Waals surface area contributed by atoms with E-state index in [2.05, 4.69) is 64.0 Å². The van der Waals surface area contributed by atoms with Crippen molar-refractivity contribution in [2.24, 2.45) is 11.3 Å². The molecule has 2 aliphatic heterocycles. The van der Waals surface area contributed by atoms with E-state index in [4.69, 9.17) is 19.4 Å². The van der Waals surface area contributed by atoms with E-state index in [-0.39, 0.29) is 23.5 Å². The second kappa shape index (κ2) is 10.6. The molecule has 2 aliphatic rings. The number of ether oxygens (including phenoxy) is 2. The number of nitrogens with one attached hydrogen (secondary N) is 1. The molecule has 8 nitrogen and oxygen atoms in total. The van der Waals surface area contributed by atoms with Crippen LogP contribution in [-0.4, -0.2) is 58.4 Å². The fraction of sp³-hybridized carbons (Fsp3) is 0.452. The standard InChI is InChI=1S/C31H37N5O3S/c1-21-24(18-34-29(37)39-30(2,3)4)31(20-38-21)12-15-35(16-13-31)28-33-19-26(27-32-14-17-36(27)28)40-25-11-7-9-22-8-5-6-10-23(22)25/h5-11,14,17,19,21,24H,12-13,15-16,18,20H2,1-4H3,(H,34,37)/t21-,24?/m0/s1. The number of imidazole rings is 1. The van der Waals surface area contributed by atoms with Crippen LogP contribution in [0.25, 0.3) is 16.4 Å². The number of benzene rings is 2. The molecule has 2 atom stereocenters. The highest BCUT2D eigenvalue weighted by molar-refractivity contribution is 7.99. The molecule has 2 aromatic carbocycles. The first-order chi connectivity index (χ1) is 19.2. The Balaban J connectivity index is 1.17. The zero-order chi connectivity index (χ0) is 27.9. The second-order valence-electron chi connectivity index (χ2n) is 12.0. The fourth-order valence-corrected chi connectivity index (χ4v) is 7.20. The topological polar surface area (TPSA) is 81.0 Å². The summed E-state index contributed by atoms with van der Waals surface area (Å²) in [5.74, 6) is 1.16. The van der Waals surface area contributed by atoms with Gasteiger partial charge in [0.2, 0.25) is 5.95 Å². The molecule has 9 heteroatoms. The SMILES string of the molecule is C[C@@H]1OCC2(CCN(c3ncc(Sc4cccc5ccccc45)c4nccn34)CC2)C1CNC(=O)OC(C)(C)C. The molecule has 4 heterocycles. The van der Waals surface area contributed by atoms with Crippen LogP contribution in [-0.2, 0) is 9.47 Å². The summed E-state index contributed by atoms with van der Waals surface area (Å²) in [6.45, 7) is 10.8. The molecule has 6 rings (SSSR count). The van der Waals surface area contributed by atoms with Crippen molar-refractivity contribution in [3.63, 3.8) is 0 Å². The van der Waals surface area contributed by atoms with E-state index in [0.29, 0.717) is 6.54 Å². The number of carbonyl (C=O) groups excluding carboxylic acids is 1. The van der Waals surface area contributed by atoms with Gasteiger partial charge in [-0.3, -0.25) is 4.40 Å². The Kier molecular flexibility index (Phi) is 7.12. The third-order valence-electron chi connectivity index (χ3n) is 8.24. The lowest BCUT2D eigenvalue weighted by atomic mass is 9.69. The van der Waals surface area contributed by atoms with E-state index in [1.54, 1.807) is 11.8 Å². The zero-order valence-corrected chi connectivity index (χ0v) is 24.4. The van der Waals surface area contributed by atoms with E-state index in [0.717, 1.165) is 49.0 Å². The minimum atomic E-state index is -0.514. The Morgan fingerprint density at radius 1 is 1.12 bits per heavy atom. The molecule has 210 valence electrons. The Bertz CT molecular complexity index is 1520. The number of anilines is 1. The van der Waals surface area contributed by atoms with Crippen molar-refractivity contribution in [3.05, 3.63) is 61.1 Å². The lowest BCUT2D eigenvalue weighted by molar-refractivity contribution is 0.0491. The highest BCUT2D eigenvalue weighted by atomic mass is 32.2. The molecule has 2 fully saturated rings. The fourth-order valence-electron chi connectivity index (χ4n) is 6.17. The Labute approximate surface area is 239 Å². The summed E-state index contributed by atoms with van der Waals surface area (Å²) in [4.78, 5) is 26.6. The minimum absolute atomic E-state index is 0.0309. The molecule has 2 aromatic heterocycles. The number of fused-ring (bicyclic) bond motifs is 2. The van der Waals surface area contributed by atoms with Gasteiger partial charge in [-0.2, -0.15) is 0 Å². The number of hydrogen-bond acceptors (Lipinski definition) is 7. The summed E-state index contributed by atoms with van der Waals surface area (Å²) in [7, 11) is 0. The monoisotopic (exact) mass is 559 g/mol. The van der Waals surface area contributed by atoms with Crippen LogP contribution in [0.2, 0.25) is 0 Å². The minimum Gasteiger partial charge on any atom is -0.444 e. The van der Waals surface area contributed by atoms with Crippen LogP contribution >= 0.6 is 11.8 Å². The molecule has 4 aromatic rings. The first-order valence-electron chi connectivity index (χ1n) is 14.0. The first kappa shape index (κ1) is 26.9. The van der Waals surface area contributed by atoms with Gasteiger partial charge in [0.05, 0.1) is 17.6 Å². The molecule has 2 saturated heterocycles. The first-order valence-corrected chi connectivity index (χ1v) is 14.9. The van der Waals surface area contributed by atoms with Crippen LogP contribution in [0.5, 0.6) is 0 Å². The van der Waals surface area contributed by atoms with E-state index < -0.39 is 5.60 Å². The molecule has 0 saturated carbocycles. The number of aromatic nitrogens is 3. The van der Waals surface area contributed by atoms with Crippen LogP contribution in [0.15, 0.2) is 70.8 Å². The van der Waals surface area contributed by atoms with Gasteiger partial charge in [0, 0.05) is 54.5 Å². The number of carbonyl (C=O) groups is 1. The summed E-state index contributed by atoms with van der Waals surface area (Å²) in [5.41, 5.74) is 0.434. The van der Waals surface area contributed by atoms with Crippen LogP contribution < -0.4 is 10.2 Å². The summed E-state index contributed by atoms with van der Waals surface area (Å²) in [6.07, 6.45) is 7.49. The van der Waals surface area contributed by atoms with Gasteiger partial charge in [-0.15, -0.1) is 0 Å². The van der Waals surface area contributed by atoms with Gasteiger partial charge in [0.1, 0.15) is 5.60 Å². The predicted octanol–water partition coefficient (Wildman–Crippen LogP) is 6.18. The van der Waals surface area contributed by atoms with Crippen molar-refractivity contribution in [2.45, 2.75) is 62.0 Å². The molecule has 40 heavy (non-hydrogen) atoms. The van der Waals surface area contributed by atoms with E-state index in [1.165, 1.54) is 15.7 Å². The maximum absolute atomic E-state index is 12.3. The largest absolute Gasteiger partial charge is 0.444 e. The van der Waals surface area contributed by atoms with Gasteiger partial charge >= 0.3 is 6.09 Å². The number of amides is 1. The number of hydrogen-bond donors (Lipinski definition) is 1. The quantitative estimate of drug-likeness (QED) is 0.313. The summed E-state index contributed by atoms with van der Waals surface area (Å²) < 4.78 is 13.7. The van der Waals surface area contributed by atoms with Crippen LogP contribution in [0.1, 0.15) is 40.5 Å². The second-order valence-corrected chi connectivity index (χ2v) is 13.1. The Morgan fingerprint density at radius 2 is 1.90 bits per heavy atom. The van der Waals surface area contributed by atoms with E-state index >= 15 is 0 Å². The molecule has 0 radical (unpaired) electrons. The smallest absolute Gasteiger partial charge is 0.407 e. The summed E-state index contributed by atoms with van der Waals surface area (Å²) >= 11 is 1.71. The van der Waals surface area contributed by atoms with Gasteiger partial charge < -0.3 is 19.7 Å². The number of nitrogens with zero attached hydrogens (tertiary/aromatic N) is 4. The lowest BCUT2D eigenvalue weighted by Crippen LogP contribution is -2.48. The third-order valence-corrected chi connectivity index (χ3v) is 9.32. The van der Waals surface area contributed by atoms with Gasteiger partial charge in [0.25, 0.3) is 0 Å². The zero-order valence-electron chi connectivity index (χ0n) is 23.6. The molecule has 1 amide bonds. The van der Waals surface area contributed by atoms with Crippen molar-refractivity contribution in [3.8, 4) is 0 Å². The van der Waals surface area contributed by atoms with Crippen molar-refractivity contribution in [1.29, 1.82) is 0 Å². The van der Waals surface area contributed by atoms with E-state index in [9.17, 15) is 4.79 Å². The molecule has 1 unspecified atom stereocenters. The molecule has 1 N–H and O–H groups in total. The van der Waals surface area contributed by atoms with Gasteiger partial charge in [-0.25, -0.2) is 14.8 Å². The number of piperidine rings is 1.